The molecule has 2 rings (SSSR count). The van der Waals surface area contributed by atoms with Gasteiger partial charge in [-0.15, -0.1) is 0 Å². The number of nitrogens with zero attached hydrogens (tertiary/aromatic N) is 3. The number of guanidine groups is 1. The number of hydrogen-bond donors (Lipinski definition) is 3. The van der Waals surface area contributed by atoms with Crippen LogP contribution in [0.1, 0.15) is 30.6 Å². The molecule has 7 nitrogen and oxygen atoms in total. The van der Waals surface area contributed by atoms with Gasteiger partial charge >= 0.3 is 6.18 Å². The molecule has 174 valence electrons. The third kappa shape index (κ3) is 8.64. The molecule has 31 heavy (non-hydrogen) atoms. The quantitative estimate of drug-likeness (QED) is 0.310. The van der Waals surface area contributed by atoms with Crippen LogP contribution < -0.4 is 10.6 Å². The number of carbonyl (C=O) groups excluding carboxylic acids is 1. The van der Waals surface area contributed by atoms with Crippen LogP contribution in [0.4, 0.5) is 13.2 Å². The van der Waals surface area contributed by atoms with E-state index in [0.717, 1.165) is 13.0 Å². The van der Waals surface area contributed by atoms with Gasteiger partial charge < -0.3 is 20.6 Å². The zero-order valence-corrected chi connectivity index (χ0v) is 18.1. The topological polar surface area (TPSA) is 80.2 Å². The van der Waals surface area contributed by atoms with Crippen molar-refractivity contribution in [3.8, 4) is 5.75 Å². The number of rotatable bonds is 9. The number of phenols is 1. The number of aliphatic imine (C=N–C) groups is 1. The standard InChI is InChI=1S/C21H32F3N5O2/c1-3-25-20(27-11-10-26-19(31)17-5-7-18(30)8-6-17)29-12-9-16(14-29)13-28(4-2)15-21(22,23)24/h5-8,16,30H,3-4,9-15H2,1-2H3,(H,25,27)(H,26,31). The van der Waals surface area contributed by atoms with Crippen LogP contribution in [0.3, 0.4) is 0 Å². The molecule has 1 fully saturated rings. The van der Waals surface area contributed by atoms with Gasteiger partial charge in [0.1, 0.15) is 5.75 Å². The second-order valence-corrected chi connectivity index (χ2v) is 7.58. The van der Waals surface area contributed by atoms with E-state index in [-0.39, 0.29) is 17.6 Å². The number of alkyl halides is 3. The average Bonchev–Trinajstić information content (AvgIpc) is 3.17. The predicted molar refractivity (Wildman–Crippen MR) is 114 cm³/mol. The molecule has 1 unspecified atom stereocenters. The third-order valence-electron chi connectivity index (χ3n) is 5.08. The van der Waals surface area contributed by atoms with Gasteiger partial charge in [0.05, 0.1) is 13.1 Å². The number of carbonyl (C=O) groups is 1. The second-order valence-electron chi connectivity index (χ2n) is 7.58. The van der Waals surface area contributed by atoms with Crippen LogP contribution in [-0.2, 0) is 0 Å². The van der Waals surface area contributed by atoms with Gasteiger partial charge in [-0.1, -0.05) is 6.92 Å². The Morgan fingerprint density at radius 2 is 1.97 bits per heavy atom. The van der Waals surface area contributed by atoms with Crippen LogP contribution >= 0.6 is 0 Å². The SMILES string of the molecule is CCNC(=NCCNC(=O)c1ccc(O)cc1)N1CCC(CN(CC)CC(F)(F)F)C1. The first-order valence-electron chi connectivity index (χ1n) is 10.6. The molecule has 1 aromatic rings. The van der Waals surface area contributed by atoms with Crippen molar-refractivity contribution in [2.24, 2.45) is 10.9 Å². The first kappa shape index (κ1) is 24.8. The maximum atomic E-state index is 12.7. The molecule has 3 N–H and O–H groups in total. The van der Waals surface area contributed by atoms with Crippen LogP contribution in [0, 0.1) is 5.92 Å². The van der Waals surface area contributed by atoms with E-state index >= 15 is 0 Å². The molecule has 1 atom stereocenters. The number of benzene rings is 1. The first-order valence-corrected chi connectivity index (χ1v) is 10.6. The van der Waals surface area contributed by atoms with E-state index in [2.05, 4.69) is 20.5 Å². The zero-order valence-electron chi connectivity index (χ0n) is 18.1. The van der Waals surface area contributed by atoms with Crippen molar-refractivity contribution in [1.82, 2.24) is 20.4 Å². The first-order chi connectivity index (χ1) is 14.7. The Balaban J connectivity index is 1.83. The third-order valence-corrected chi connectivity index (χ3v) is 5.08. The number of likely N-dealkylation sites (tertiary alicyclic amines) is 1. The Morgan fingerprint density at radius 3 is 2.58 bits per heavy atom. The van der Waals surface area contributed by atoms with E-state index in [0.29, 0.717) is 50.8 Å². The summed E-state index contributed by atoms with van der Waals surface area (Å²) in [4.78, 5) is 20.2. The molecule has 10 heteroatoms. The average molecular weight is 444 g/mol. The number of nitrogens with one attached hydrogen (secondary N) is 2. The molecule has 1 heterocycles. The Hall–Kier alpha value is -2.49. The van der Waals surface area contributed by atoms with E-state index in [9.17, 15) is 23.1 Å². The summed E-state index contributed by atoms with van der Waals surface area (Å²) in [6.07, 6.45) is -3.37. The molecule has 0 aliphatic carbocycles. The molecule has 1 aromatic carbocycles. The number of halogens is 3. The van der Waals surface area contributed by atoms with Crippen molar-refractivity contribution < 1.29 is 23.1 Å². The Bertz CT molecular complexity index is 725. The molecule has 0 bridgehead atoms. The van der Waals surface area contributed by atoms with Gasteiger partial charge in [0.15, 0.2) is 5.96 Å². The summed E-state index contributed by atoms with van der Waals surface area (Å²) in [6, 6.07) is 5.99. The maximum absolute atomic E-state index is 12.7. The fourth-order valence-corrected chi connectivity index (χ4v) is 3.57. The summed E-state index contributed by atoms with van der Waals surface area (Å²) in [5.74, 6) is 0.717. The lowest BCUT2D eigenvalue weighted by Crippen LogP contribution is -2.42. The predicted octanol–water partition coefficient (Wildman–Crippen LogP) is 2.29. The van der Waals surface area contributed by atoms with Crippen molar-refractivity contribution in [3.63, 3.8) is 0 Å². The van der Waals surface area contributed by atoms with E-state index in [4.69, 9.17) is 0 Å². The summed E-state index contributed by atoms with van der Waals surface area (Å²) in [7, 11) is 0. The van der Waals surface area contributed by atoms with Gasteiger partial charge in [-0.3, -0.25) is 14.7 Å². The van der Waals surface area contributed by atoms with Crippen LogP contribution in [0.2, 0.25) is 0 Å². The lowest BCUT2D eigenvalue weighted by Gasteiger charge is -2.26. The molecular weight excluding hydrogens is 411 g/mol. The molecule has 1 aliphatic rings. The summed E-state index contributed by atoms with van der Waals surface area (Å²) >= 11 is 0. The summed E-state index contributed by atoms with van der Waals surface area (Å²) < 4.78 is 38.1. The van der Waals surface area contributed by atoms with Crippen molar-refractivity contribution in [3.05, 3.63) is 29.8 Å². The maximum Gasteiger partial charge on any atom is 0.401 e. The summed E-state index contributed by atoms with van der Waals surface area (Å²) in [6.45, 7) is 6.39. The van der Waals surface area contributed by atoms with Crippen LogP contribution in [0.25, 0.3) is 0 Å². The monoisotopic (exact) mass is 443 g/mol. The largest absolute Gasteiger partial charge is 0.508 e. The Kier molecular flexibility index (Phi) is 9.42. The smallest absolute Gasteiger partial charge is 0.401 e. The minimum absolute atomic E-state index is 0.0980. The molecule has 1 saturated heterocycles. The Labute approximate surface area is 181 Å². The minimum atomic E-state index is -4.19. The number of amides is 1. The number of phenolic OH excluding ortho intramolecular Hbond substituents is 1. The number of hydrogen-bond acceptors (Lipinski definition) is 4. The van der Waals surface area contributed by atoms with Gasteiger partial charge in [0.25, 0.3) is 5.91 Å². The molecule has 0 radical (unpaired) electrons. The molecule has 0 saturated carbocycles. The number of aromatic hydroxyl groups is 1. The van der Waals surface area contributed by atoms with Gasteiger partial charge in [0.2, 0.25) is 0 Å². The summed E-state index contributed by atoms with van der Waals surface area (Å²) in [5.41, 5.74) is 0.454. The van der Waals surface area contributed by atoms with E-state index in [1.165, 1.54) is 17.0 Å². The van der Waals surface area contributed by atoms with Crippen molar-refractivity contribution in [2.75, 3.05) is 52.4 Å². The second kappa shape index (κ2) is 11.8. The van der Waals surface area contributed by atoms with Gasteiger partial charge in [-0.25, -0.2) is 0 Å². The highest BCUT2D eigenvalue weighted by Crippen LogP contribution is 2.21. The highest BCUT2D eigenvalue weighted by molar-refractivity contribution is 5.94. The fourth-order valence-electron chi connectivity index (χ4n) is 3.57. The van der Waals surface area contributed by atoms with Gasteiger partial charge in [-0.2, -0.15) is 13.2 Å². The highest BCUT2D eigenvalue weighted by Gasteiger charge is 2.33. The fraction of sp³-hybridized carbons (Fsp3) is 0.619. The van der Waals surface area contributed by atoms with Gasteiger partial charge in [-0.05, 0) is 50.1 Å². The van der Waals surface area contributed by atoms with E-state index in [1.54, 1.807) is 19.1 Å². The van der Waals surface area contributed by atoms with E-state index < -0.39 is 12.7 Å². The van der Waals surface area contributed by atoms with Crippen LogP contribution in [0.15, 0.2) is 29.3 Å². The van der Waals surface area contributed by atoms with Crippen molar-refractivity contribution in [1.29, 1.82) is 0 Å². The Morgan fingerprint density at radius 1 is 1.26 bits per heavy atom. The molecule has 0 aromatic heterocycles. The van der Waals surface area contributed by atoms with Crippen LogP contribution in [0.5, 0.6) is 5.75 Å². The molecule has 0 spiro atoms. The lowest BCUT2D eigenvalue weighted by atomic mass is 10.1. The highest BCUT2D eigenvalue weighted by atomic mass is 19.4. The van der Waals surface area contributed by atoms with Crippen LogP contribution in [-0.4, -0.2) is 85.3 Å². The normalized spacial score (nSPS) is 17.3. The summed E-state index contributed by atoms with van der Waals surface area (Å²) in [5, 5.41) is 15.3. The lowest BCUT2D eigenvalue weighted by molar-refractivity contribution is -0.146. The minimum Gasteiger partial charge on any atom is -0.508 e. The zero-order chi connectivity index (χ0) is 22.9. The van der Waals surface area contributed by atoms with E-state index in [1.807, 2.05) is 6.92 Å². The molecular formula is C21H32F3N5O2. The van der Waals surface area contributed by atoms with Gasteiger partial charge in [0, 0.05) is 38.3 Å². The van der Waals surface area contributed by atoms with Crippen molar-refractivity contribution in [2.45, 2.75) is 26.4 Å². The molecule has 1 aliphatic heterocycles. The van der Waals surface area contributed by atoms with Crippen molar-refractivity contribution >= 4 is 11.9 Å². The molecule has 1 amide bonds.